The summed E-state index contributed by atoms with van der Waals surface area (Å²) in [6, 6.07) is 6.60. The molecule has 0 aliphatic heterocycles. The highest BCUT2D eigenvalue weighted by atomic mass is 28.3. The van der Waals surface area contributed by atoms with Crippen molar-refractivity contribution >= 4 is 8.80 Å². The molecule has 0 amide bonds. The van der Waals surface area contributed by atoms with Gasteiger partial charge in [-0.3, -0.25) is 0 Å². The van der Waals surface area contributed by atoms with Crippen LogP contribution < -0.4 is 5.73 Å². The van der Waals surface area contributed by atoms with Crippen LogP contribution in [0.4, 0.5) is 4.39 Å². The summed E-state index contributed by atoms with van der Waals surface area (Å²) >= 11 is 0. The minimum absolute atomic E-state index is 0.181. The SMILES string of the molecule is C[SiH](C)C(N)Cc1ccc(F)cc1. The van der Waals surface area contributed by atoms with Crippen molar-refractivity contribution in [1.29, 1.82) is 0 Å². The van der Waals surface area contributed by atoms with Gasteiger partial charge in [0.1, 0.15) is 5.82 Å². The van der Waals surface area contributed by atoms with Crippen molar-refractivity contribution in [3.63, 3.8) is 0 Å². The second kappa shape index (κ2) is 4.53. The molecule has 0 spiro atoms. The lowest BCUT2D eigenvalue weighted by atomic mass is 10.1. The fourth-order valence-corrected chi connectivity index (χ4v) is 1.87. The molecule has 1 aromatic rings. The van der Waals surface area contributed by atoms with E-state index in [-0.39, 0.29) is 5.82 Å². The number of rotatable bonds is 3. The van der Waals surface area contributed by atoms with Crippen LogP contribution in [0.15, 0.2) is 24.3 Å². The Labute approximate surface area is 80.4 Å². The van der Waals surface area contributed by atoms with E-state index in [4.69, 9.17) is 5.73 Å². The van der Waals surface area contributed by atoms with Gasteiger partial charge in [0.2, 0.25) is 0 Å². The molecule has 0 aliphatic carbocycles. The maximum atomic E-state index is 12.6. The quantitative estimate of drug-likeness (QED) is 0.734. The van der Waals surface area contributed by atoms with Gasteiger partial charge < -0.3 is 5.73 Å². The molecule has 1 nitrogen and oxygen atoms in total. The van der Waals surface area contributed by atoms with Crippen molar-refractivity contribution in [3.8, 4) is 0 Å². The summed E-state index contributed by atoms with van der Waals surface area (Å²) in [5.41, 5.74) is 7.39. The van der Waals surface area contributed by atoms with Gasteiger partial charge in [-0.15, -0.1) is 0 Å². The average molecular weight is 197 g/mol. The minimum Gasteiger partial charge on any atom is -0.330 e. The van der Waals surface area contributed by atoms with Crippen LogP contribution in [-0.4, -0.2) is 14.5 Å². The van der Waals surface area contributed by atoms with E-state index in [2.05, 4.69) is 13.1 Å². The highest BCUT2D eigenvalue weighted by Crippen LogP contribution is 2.06. The Morgan fingerprint density at radius 1 is 1.31 bits per heavy atom. The van der Waals surface area contributed by atoms with Crippen LogP contribution in [0.25, 0.3) is 0 Å². The molecule has 0 saturated heterocycles. The first-order chi connectivity index (χ1) is 6.09. The summed E-state index contributed by atoms with van der Waals surface area (Å²) in [7, 11) is -0.763. The highest BCUT2D eigenvalue weighted by molar-refractivity contribution is 6.57. The Morgan fingerprint density at radius 2 is 1.85 bits per heavy atom. The molecule has 3 heteroatoms. The fourth-order valence-electron chi connectivity index (χ4n) is 1.13. The molecule has 0 aromatic heterocycles. The second-order valence-corrected chi connectivity index (χ2v) is 7.08. The molecule has 1 unspecified atom stereocenters. The summed E-state index contributed by atoms with van der Waals surface area (Å²) in [5, 5.41) is 0. The lowest BCUT2D eigenvalue weighted by Gasteiger charge is -2.13. The van der Waals surface area contributed by atoms with Crippen molar-refractivity contribution in [3.05, 3.63) is 35.6 Å². The minimum atomic E-state index is -0.763. The van der Waals surface area contributed by atoms with Crippen LogP contribution in [0.5, 0.6) is 0 Å². The van der Waals surface area contributed by atoms with Gasteiger partial charge >= 0.3 is 0 Å². The Morgan fingerprint density at radius 3 is 2.31 bits per heavy atom. The molecule has 2 N–H and O–H groups in total. The van der Waals surface area contributed by atoms with Crippen LogP contribution in [0.2, 0.25) is 13.1 Å². The zero-order valence-corrected chi connectivity index (χ0v) is 9.28. The highest BCUT2D eigenvalue weighted by Gasteiger charge is 2.09. The Kier molecular flexibility index (Phi) is 3.63. The zero-order chi connectivity index (χ0) is 9.84. The lowest BCUT2D eigenvalue weighted by molar-refractivity contribution is 0.626. The van der Waals surface area contributed by atoms with Crippen molar-refractivity contribution in [2.75, 3.05) is 0 Å². The van der Waals surface area contributed by atoms with Crippen LogP contribution in [0.1, 0.15) is 5.56 Å². The first kappa shape index (κ1) is 10.4. The molecule has 0 bridgehead atoms. The van der Waals surface area contributed by atoms with Gasteiger partial charge in [0.05, 0.1) is 8.80 Å². The molecule has 1 aromatic carbocycles. The molecule has 1 atom stereocenters. The van der Waals surface area contributed by atoms with E-state index < -0.39 is 8.80 Å². The van der Waals surface area contributed by atoms with Crippen LogP contribution >= 0.6 is 0 Å². The second-order valence-electron chi connectivity index (χ2n) is 3.74. The molecule has 0 heterocycles. The molecular formula is C10H16FNSi. The van der Waals surface area contributed by atoms with Crippen LogP contribution in [-0.2, 0) is 6.42 Å². The molecule has 13 heavy (non-hydrogen) atoms. The van der Waals surface area contributed by atoms with Gasteiger partial charge in [-0.2, -0.15) is 0 Å². The van der Waals surface area contributed by atoms with E-state index in [9.17, 15) is 4.39 Å². The Hall–Kier alpha value is -0.673. The summed E-state index contributed by atoms with van der Waals surface area (Å²) in [6.45, 7) is 4.46. The van der Waals surface area contributed by atoms with Crippen molar-refractivity contribution in [2.24, 2.45) is 5.73 Å². The van der Waals surface area contributed by atoms with Crippen molar-refractivity contribution in [2.45, 2.75) is 25.2 Å². The fraction of sp³-hybridized carbons (Fsp3) is 0.400. The van der Waals surface area contributed by atoms with Crippen molar-refractivity contribution in [1.82, 2.24) is 0 Å². The zero-order valence-electron chi connectivity index (χ0n) is 8.13. The van der Waals surface area contributed by atoms with E-state index in [0.717, 1.165) is 12.0 Å². The summed E-state index contributed by atoms with van der Waals surface area (Å²) in [6.07, 6.45) is 0.879. The Bertz CT molecular complexity index is 258. The summed E-state index contributed by atoms with van der Waals surface area (Å²) in [4.78, 5) is 0. The number of hydrogen-bond donors (Lipinski definition) is 1. The van der Waals surface area contributed by atoms with E-state index >= 15 is 0 Å². The van der Waals surface area contributed by atoms with E-state index in [1.165, 1.54) is 12.1 Å². The smallest absolute Gasteiger partial charge is 0.123 e. The normalized spacial score (nSPS) is 13.3. The lowest BCUT2D eigenvalue weighted by Crippen LogP contribution is -2.35. The molecule has 0 fully saturated rings. The first-order valence-corrected chi connectivity index (χ1v) is 7.57. The van der Waals surface area contributed by atoms with E-state index in [1.807, 2.05) is 12.1 Å². The van der Waals surface area contributed by atoms with E-state index in [0.29, 0.717) is 5.67 Å². The maximum Gasteiger partial charge on any atom is 0.123 e. The topological polar surface area (TPSA) is 26.0 Å². The molecule has 72 valence electrons. The van der Waals surface area contributed by atoms with Gasteiger partial charge in [0.25, 0.3) is 0 Å². The number of hydrogen-bond acceptors (Lipinski definition) is 1. The Balaban J connectivity index is 2.59. The number of nitrogens with two attached hydrogens (primary N) is 1. The van der Waals surface area contributed by atoms with Gasteiger partial charge in [-0.25, -0.2) is 4.39 Å². The average Bonchev–Trinajstić information content (AvgIpc) is 2.08. The molecular weight excluding hydrogens is 181 g/mol. The largest absolute Gasteiger partial charge is 0.330 e. The van der Waals surface area contributed by atoms with Gasteiger partial charge in [-0.05, 0) is 29.8 Å². The number of benzene rings is 1. The van der Waals surface area contributed by atoms with Gasteiger partial charge in [0.15, 0.2) is 0 Å². The monoisotopic (exact) mass is 197 g/mol. The van der Waals surface area contributed by atoms with Crippen LogP contribution in [0.3, 0.4) is 0 Å². The summed E-state index contributed by atoms with van der Waals surface area (Å²) in [5.74, 6) is -0.181. The predicted octanol–water partition coefficient (Wildman–Crippen LogP) is 1.72. The predicted molar refractivity (Wildman–Crippen MR) is 57.0 cm³/mol. The standard InChI is InChI=1S/C10H16FNSi/c1-13(2)10(12)7-8-3-5-9(11)6-4-8/h3-6,10,13H,7,12H2,1-2H3. The molecule has 1 rings (SSSR count). The first-order valence-electron chi connectivity index (χ1n) is 4.59. The summed E-state index contributed by atoms with van der Waals surface area (Å²) < 4.78 is 12.6. The molecule has 0 radical (unpaired) electrons. The molecule has 0 aliphatic rings. The molecule has 0 saturated carbocycles. The third-order valence-electron chi connectivity index (χ3n) is 2.24. The van der Waals surface area contributed by atoms with E-state index in [1.54, 1.807) is 0 Å². The third kappa shape index (κ3) is 3.28. The van der Waals surface area contributed by atoms with Gasteiger partial charge in [0, 0.05) is 0 Å². The maximum absolute atomic E-state index is 12.6. The van der Waals surface area contributed by atoms with Crippen LogP contribution in [0, 0.1) is 5.82 Å². The van der Waals surface area contributed by atoms with Gasteiger partial charge in [-0.1, -0.05) is 25.2 Å². The number of halogens is 1. The third-order valence-corrected chi connectivity index (χ3v) is 4.19. The van der Waals surface area contributed by atoms with Crippen molar-refractivity contribution < 1.29 is 4.39 Å².